The Hall–Kier alpha value is -1.49. The van der Waals surface area contributed by atoms with Crippen molar-refractivity contribution in [2.24, 2.45) is 0 Å². The predicted molar refractivity (Wildman–Crippen MR) is 87.1 cm³/mol. The highest BCUT2D eigenvalue weighted by Crippen LogP contribution is 2.28. The topological polar surface area (TPSA) is 41.9 Å². The Morgan fingerprint density at radius 2 is 2.10 bits per heavy atom. The lowest BCUT2D eigenvalue weighted by Crippen LogP contribution is -2.29. The van der Waals surface area contributed by atoms with Crippen LogP contribution in [0.25, 0.3) is 0 Å². The lowest BCUT2D eigenvalue weighted by Gasteiger charge is -2.27. The van der Waals surface area contributed by atoms with Gasteiger partial charge in [-0.15, -0.1) is 11.3 Å². The first-order valence-corrected chi connectivity index (χ1v) is 8.65. The van der Waals surface area contributed by atoms with Gasteiger partial charge in [-0.3, -0.25) is 0 Å². The molecule has 0 N–H and O–H groups in total. The number of rotatable bonds is 5. The summed E-state index contributed by atoms with van der Waals surface area (Å²) >= 11 is 1.73. The molecular formula is C16H22N4S. The molecule has 5 heteroatoms. The minimum atomic E-state index is 0.901. The third kappa shape index (κ3) is 3.23. The van der Waals surface area contributed by atoms with Gasteiger partial charge in [0.25, 0.3) is 0 Å². The van der Waals surface area contributed by atoms with Crippen LogP contribution in [0.15, 0.2) is 11.6 Å². The summed E-state index contributed by atoms with van der Waals surface area (Å²) in [4.78, 5) is 16.2. The molecule has 0 radical (unpaired) electrons. The second-order valence-corrected chi connectivity index (χ2v) is 6.46. The molecule has 4 nitrogen and oxygen atoms in total. The molecule has 0 amide bonds. The van der Waals surface area contributed by atoms with E-state index in [-0.39, 0.29) is 0 Å². The summed E-state index contributed by atoms with van der Waals surface area (Å²) in [5, 5.41) is 3.25. The predicted octanol–water partition coefficient (Wildman–Crippen LogP) is 3.19. The third-order valence-corrected chi connectivity index (χ3v) is 4.87. The first-order valence-electron chi connectivity index (χ1n) is 7.77. The van der Waals surface area contributed by atoms with Crippen molar-refractivity contribution in [3.05, 3.63) is 33.7 Å². The maximum atomic E-state index is 4.76. The van der Waals surface area contributed by atoms with Crippen LogP contribution in [0.4, 0.5) is 5.82 Å². The summed E-state index contributed by atoms with van der Waals surface area (Å²) < 4.78 is 0. The van der Waals surface area contributed by atoms with Crippen molar-refractivity contribution in [2.45, 2.75) is 46.0 Å². The molecule has 0 saturated carbocycles. The molecule has 2 aromatic heterocycles. The number of anilines is 1. The molecule has 0 unspecified atom stereocenters. The molecule has 1 aliphatic carbocycles. The summed E-state index contributed by atoms with van der Waals surface area (Å²) in [6.07, 6.45) is 7.62. The first kappa shape index (κ1) is 14.4. The highest BCUT2D eigenvalue weighted by atomic mass is 32.1. The average Bonchev–Trinajstić information content (AvgIpc) is 3.01. The number of fused-ring (bicyclic) bond motifs is 1. The molecule has 21 heavy (non-hydrogen) atoms. The van der Waals surface area contributed by atoms with Gasteiger partial charge in [0.1, 0.15) is 11.6 Å². The number of aryl methyl sites for hydroxylation is 2. The summed E-state index contributed by atoms with van der Waals surface area (Å²) in [7, 11) is 0. The van der Waals surface area contributed by atoms with Crippen LogP contribution >= 0.6 is 11.3 Å². The van der Waals surface area contributed by atoms with E-state index in [2.05, 4.69) is 21.8 Å². The average molecular weight is 302 g/mol. The van der Waals surface area contributed by atoms with E-state index in [1.54, 1.807) is 11.3 Å². The summed E-state index contributed by atoms with van der Waals surface area (Å²) in [5.74, 6) is 2.06. The lowest BCUT2D eigenvalue weighted by atomic mass is 9.96. The number of hydrogen-bond donors (Lipinski definition) is 0. The van der Waals surface area contributed by atoms with Gasteiger partial charge in [0, 0.05) is 42.3 Å². The minimum absolute atomic E-state index is 0.901. The number of aromatic nitrogens is 3. The van der Waals surface area contributed by atoms with Crippen LogP contribution in [0.3, 0.4) is 0 Å². The van der Waals surface area contributed by atoms with Crippen LogP contribution in [0.5, 0.6) is 0 Å². The van der Waals surface area contributed by atoms with Crippen molar-refractivity contribution in [1.82, 2.24) is 15.0 Å². The molecule has 112 valence electrons. The zero-order chi connectivity index (χ0) is 14.7. The number of likely N-dealkylation sites (N-methyl/N-ethyl adjacent to an activating group) is 1. The van der Waals surface area contributed by atoms with Gasteiger partial charge in [-0.1, -0.05) is 0 Å². The van der Waals surface area contributed by atoms with Crippen molar-refractivity contribution in [3.8, 4) is 0 Å². The fourth-order valence-corrected chi connectivity index (χ4v) is 3.59. The first-order chi connectivity index (χ1) is 10.3. The Labute approximate surface area is 130 Å². The molecule has 0 saturated heterocycles. The molecule has 0 atom stereocenters. The van der Waals surface area contributed by atoms with E-state index in [4.69, 9.17) is 4.98 Å². The van der Waals surface area contributed by atoms with Gasteiger partial charge >= 0.3 is 0 Å². The monoisotopic (exact) mass is 302 g/mol. The lowest BCUT2D eigenvalue weighted by molar-refractivity contribution is 0.649. The van der Waals surface area contributed by atoms with E-state index in [0.29, 0.717) is 0 Å². The largest absolute Gasteiger partial charge is 0.356 e. The fraction of sp³-hybridized carbons (Fsp3) is 0.562. The number of hydrogen-bond acceptors (Lipinski definition) is 5. The van der Waals surface area contributed by atoms with Crippen molar-refractivity contribution < 1.29 is 0 Å². The van der Waals surface area contributed by atoms with E-state index in [1.807, 2.05) is 18.5 Å². The van der Waals surface area contributed by atoms with Crippen molar-refractivity contribution in [1.29, 1.82) is 0 Å². The highest BCUT2D eigenvalue weighted by molar-refractivity contribution is 7.09. The SMILES string of the molecule is CCN(CCc1nccs1)c1nc(C)nc2c1CCCC2. The van der Waals surface area contributed by atoms with Gasteiger partial charge in [0.2, 0.25) is 0 Å². The van der Waals surface area contributed by atoms with E-state index in [9.17, 15) is 0 Å². The number of thiazole rings is 1. The van der Waals surface area contributed by atoms with Crippen LogP contribution < -0.4 is 4.90 Å². The Kier molecular flexibility index (Phi) is 4.48. The molecular weight excluding hydrogens is 280 g/mol. The molecule has 0 fully saturated rings. The van der Waals surface area contributed by atoms with E-state index in [1.165, 1.54) is 29.1 Å². The molecule has 0 spiro atoms. The number of nitrogens with zero attached hydrogens (tertiary/aromatic N) is 4. The smallest absolute Gasteiger partial charge is 0.135 e. The zero-order valence-electron chi connectivity index (χ0n) is 12.8. The van der Waals surface area contributed by atoms with E-state index in [0.717, 1.165) is 44.0 Å². The Morgan fingerprint density at radius 1 is 1.24 bits per heavy atom. The third-order valence-electron chi connectivity index (χ3n) is 4.03. The van der Waals surface area contributed by atoms with Gasteiger partial charge in [-0.25, -0.2) is 15.0 Å². The van der Waals surface area contributed by atoms with Gasteiger partial charge < -0.3 is 4.90 Å². The quantitative estimate of drug-likeness (QED) is 0.850. The van der Waals surface area contributed by atoms with E-state index < -0.39 is 0 Å². The van der Waals surface area contributed by atoms with Crippen LogP contribution in [-0.4, -0.2) is 28.0 Å². The molecule has 2 aromatic rings. The van der Waals surface area contributed by atoms with Crippen molar-refractivity contribution in [2.75, 3.05) is 18.0 Å². The molecule has 0 aliphatic heterocycles. The zero-order valence-corrected chi connectivity index (χ0v) is 13.6. The van der Waals surface area contributed by atoms with Gasteiger partial charge in [-0.2, -0.15) is 0 Å². The second kappa shape index (κ2) is 6.52. The molecule has 3 rings (SSSR count). The van der Waals surface area contributed by atoms with Gasteiger partial charge in [0.15, 0.2) is 0 Å². The maximum Gasteiger partial charge on any atom is 0.135 e. The molecule has 0 aromatic carbocycles. The normalized spacial score (nSPS) is 14.0. The second-order valence-electron chi connectivity index (χ2n) is 5.48. The summed E-state index contributed by atoms with van der Waals surface area (Å²) in [5.41, 5.74) is 2.66. The fourth-order valence-electron chi connectivity index (χ4n) is 2.98. The van der Waals surface area contributed by atoms with Crippen molar-refractivity contribution >= 4 is 17.2 Å². The standard InChI is InChI=1S/C16H22N4S/c1-3-20(10-8-15-17-9-11-21-15)16-13-6-4-5-7-14(13)18-12(2)19-16/h9,11H,3-8,10H2,1-2H3. The van der Waals surface area contributed by atoms with Crippen molar-refractivity contribution in [3.63, 3.8) is 0 Å². The Morgan fingerprint density at radius 3 is 2.86 bits per heavy atom. The molecule has 2 heterocycles. The summed E-state index contributed by atoms with van der Waals surface area (Å²) in [6, 6.07) is 0. The Bertz CT molecular complexity index is 595. The van der Waals surface area contributed by atoms with Gasteiger partial charge in [0.05, 0.1) is 5.01 Å². The maximum absolute atomic E-state index is 4.76. The van der Waals surface area contributed by atoms with Crippen LogP contribution in [0.1, 0.15) is 41.9 Å². The van der Waals surface area contributed by atoms with Crippen LogP contribution in [0.2, 0.25) is 0 Å². The van der Waals surface area contributed by atoms with E-state index >= 15 is 0 Å². The van der Waals surface area contributed by atoms with Gasteiger partial charge in [-0.05, 0) is 39.5 Å². The molecule has 1 aliphatic rings. The van der Waals surface area contributed by atoms with Crippen LogP contribution in [-0.2, 0) is 19.3 Å². The van der Waals surface area contributed by atoms with Crippen LogP contribution in [0, 0.1) is 6.92 Å². The Balaban J connectivity index is 1.84. The highest BCUT2D eigenvalue weighted by Gasteiger charge is 2.20. The minimum Gasteiger partial charge on any atom is -0.356 e. The molecule has 0 bridgehead atoms. The summed E-state index contributed by atoms with van der Waals surface area (Å²) in [6.45, 7) is 6.17.